The summed E-state index contributed by atoms with van der Waals surface area (Å²) in [5.41, 5.74) is 2.49. The number of aliphatic hydroxyl groups excluding tert-OH is 1. The van der Waals surface area contributed by atoms with Crippen LogP contribution in [0.2, 0.25) is 0 Å². The van der Waals surface area contributed by atoms with Gasteiger partial charge in [-0.15, -0.1) is 0 Å². The Morgan fingerprint density at radius 3 is 2.55 bits per heavy atom. The summed E-state index contributed by atoms with van der Waals surface area (Å²) in [7, 11) is 1.70. The van der Waals surface area contributed by atoms with Crippen molar-refractivity contribution in [1.82, 2.24) is 14.9 Å². The molecule has 0 bridgehead atoms. The molecule has 0 aromatic heterocycles. The van der Waals surface area contributed by atoms with Gasteiger partial charge >= 0.3 is 0 Å². The Hall–Kier alpha value is -1.64. The second kappa shape index (κ2) is 9.92. The van der Waals surface area contributed by atoms with Crippen molar-refractivity contribution < 1.29 is 19.8 Å². The van der Waals surface area contributed by atoms with Gasteiger partial charge in [-0.2, -0.15) is 5.06 Å². The molecular formula is C26H39N3O4. The Balaban J connectivity index is 1.17. The summed E-state index contributed by atoms with van der Waals surface area (Å²) in [6.45, 7) is 7.77. The van der Waals surface area contributed by atoms with Crippen LogP contribution in [0.15, 0.2) is 24.3 Å². The van der Waals surface area contributed by atoms with Crippen molar-refractivity contribution in [2.24, 2.45) is 0 Å². The zero-order valence-electron chi connectivity index (χ0n) is 19.9. The van der Waals surface area contributed by atoms with Gasteiger partial charge in [0.05, 0.1) is 18.6 Å². The molecule has 1 aromatic rings. The number of rotatable bonds is 8. The van der Waals surface area contributed by atoms with Gasteiger partial charge in [-0.25, -0.2) is 0 Å². The Morgan fingerprint density at radius 2 is 1.79 bits per heavy atom. The van der Waals surface area contributed by atoms with Crippen molar-refractivity contribution in [2.75, 3.05) is 52.9 Å². The predicted octanol–water partition coefficient (Wildman–Crippen LogP) is 2.79. The summed E-state index contributed by atoms with van der Waals surface area (Å²) in [5, 5.41) is 21.2. The van der Waals surface area contributed by atoms with Gasteiger partial charge in [-0.3, -0.25) is 4.90 Å². The van der Waals surface area contributed by atoms with Crippen LogP contribution in [0.1, 0.15) is 49.7 Å². The molecule has 3 atom stereocenters. The molecule has 1 spiro atoms. The van der Waals surface area contributed by atoms with Crippen LogP contribution in [-0.2, 0) is 12.0 Å². The molecular weight excluding hydrogens is 418 g/mol. The zero-order valence-corrected chi connectivity index (χ0v) is 19.9. The molecule has 3 heterocycles. The number of unbranched alkanes of at least 4 members (excludes halogenated alkanes) is 3. The summed E-state index contributed by atoms with van der Waals surface area (Å²) in [6.07, 6.45) is 10.4. The molecule has 7 nitrogen and oxygen atoms in total. The smallest absolute Gasteiger partial charge is 0.166 e. The van der Waals surface area contributed by atoms with Crippen LogP contribution in [0, 0.1) is 0 Å². The van der Waals surface area contributed by atoms with Gasteiger partial charge in [0.25, 0.3) is 0 Å². The van der Waals surface area contributed by atoms with Crippen LogP contribution >= 0.6 is 0 Å². The highest BCUT2D eigenvalue weighted by Gasteiger charge is 2.52. The number of hydrogen-bond acceptors (Lipinski definition) is 7. The Morgan fingerprint density at radius 1 is 1.03 bits per heavy atom. The number of methoxy groups -OCH3 is 1. The molecule has 2 N–H and O–H groups in total. The fraction of sp³-hybridized carbons (Fsp3) is 0.692. The van der Waals surface area contributed by atoms with Crippen LogP contribution in [0.3, 0.4) is 0 Å². The zero-order chi connectivity index (χ0) is 22.8. The van der Waals surface area contributed by atoms with Gasteiger partial charge < -0.3 is 24.7 Å². The van der Waals surface area contributed by atoms with Crippen LogP contribution in [-0.4, -0.2) is 90.3 Å². The van der Waals surface area contributed by atoms with Crippen molar-refractivity contribution >= 4 is 0 Å². The lowest BCUT2D eigenvalue weighted by Gasteiger charge is -2.36. The van der Waals surface area contributed by atoms with Gasteiger partial charge in [0.15, 0.2) is 11.5 Å². The lowest BCUT2D eigenvalue weighted by molar-refractivity contribution is -0.117. The van der Waals surface area contributed by atoms with Crippen molar-refractivity contribution in [3.63, 3.8) is 0 Å². The predicted molar refractivity (Wildman–Crippen MR) is 127 cm³/mol. The first kappa shape index (κ1) is 23.1. The summed E-state index contributed by atoms with van der Waals surface area (Å²) >= 11 is 0. The van der Waals surface area contributed by atoms with Crippen molar-refractivity contribution in [2.45, 2.75) is 62.7 Å². The van der Waals surface area contributed by atoms with Crippen molar-refractivity contribution in [3.8, 4) is 11.5 Å². The molecule has 1 aromatic carbocycles. The first-order valence-corrected chi connectivity index (χ1v) is 12.7. The first-order chi connectivity index (χ1) is 16.1. The molecule has 1 aliphatic carbocycles. The summed E-state index contributed by atoms with van der Waals surface area (Å²) in [5.74, 6) is 1.70. The van der Waals surface area contributed by atoms with Crippen LogP contribution in [0.25, 0.3) is 0 Å². The number of benzene rings is 1. The average Bonchev–Trinajstić information content (AvgIpc) is 3.06. The second-order valence-corrected chi connectivity index (χ2v) is 10.2. The van der Waals surface area contributed by atoms with E-state index >= 15 is 0 Å². The molecule has 4 aliphatic rings. The van der Waals surface area contributed by atoms with E-state index in [4.69, 9.17) is 9.47 Å². The highest BCUT2D eigenvalue weighted by Crippen LogP contribution is 2.55. The molecule has 0 amide bonds. The van der Waals surface area contributed by atoms with Crippen LogP contribution in [0.4, 0.5) is 0 Å². The highest BCUT2D eigenvalue weighted by atomic mass is 16.5. The Labute approximate surface area is 197 Å². The van der Waals surface area contributed by atoms with E-state index in [2.05, 4.69) is 21.9 Å². The highest BCUT2D eigenvalue weighted by molar-refractivity contribution is 5.61. The molecule has 33 heavy (non-hydrogen) atoms. The molecule has 1 saturated heterocycles. The summed E-state index contributed by atoms with van der Waals surface area (Å²) in [4.78, 5) is 5.07. The quantitative estimate of drug-likeness (QED) is 0.460. The lowest BCUT2D eigenvalue weighted by atomic mass is 9.69. The van der Waals surface area contributed by atoms with E-state index in [1.54, 1.807) is 7.11 Å². The van der Waals surface area contributed by atoms with Gasteiger partial charge in [0.2, 0.25) is 0 Å². The van der Waals surface area contributed by atoms with E-state index in [0.29, 0.717) is 6.42 Å². The SMILES string of the molecule is COc1ccc2c3c1O[C@@H]1CC(O)C=CC31CCN(CCCCCCN1CCN(O)CC1)C2. The summed E-state index contributed by atoms with van der Waals surface area (Å²) < 4.78 is 12.0. The summed E-state index contributed by atoms with van der Waals surface area (Å²) in [6, 6.07) is 4.26. The number of ether oxygens (including phenoxy) is 2. The number of hydroxylamine groups is 2. The van der Waals surface area contributed by atoms with Gasteiger partial charge in [0, 0.05) is 44.7 Å². The Bertz CT molecular complexity index is 854. The average molecular weight is 458 g/mol. The molecule has 5 rings (SSSR count). The van der Waals surface area contributed by atoms with E-state index in [9.17, 15) is 10.3 Å². The number of piperazine rings is 1. The largest absolute Gasteiger partial charge is 0.493 e. The number of aliphatic hydroxyl groups is 1. The monoisotopic (exact) mass is 457 g/mol. The third-order valence-electron chi connectivity index (χ3n) is 8.08. The fourth-order valence-electron chi connectivity index (χ4n) is 6.17. The van der Waals surface area contributed by atoms with E-state index in [-0.39, 0.29) is 11.5 Å². The molecule has 182 valence electrons. The maximum absolute atomic E-state index is 10.2. The molecule has 2 unspecified atom stereocenters. The minimum absolute atomic E-state index is 0.0183. The van der Waals surface area contributed by atoms with Crippen molar-refractivity contribution in [3.05, 3.63) is 35.4 Å². The van der Waals surface area contributed by atoms with Crippen molar-refractivity contribution in [1.29, 1.82) is 0 Å². The van der Waals surface area contributed by atoms with Gasteiger partial charge in [-0.05, 0) is 50.5 Å². The topological polar surface area (TPSA) is 68.6 Å². The second-order valence-electron chi connectivity index (χ2n) is 10.2. The lowest BCUT2D eigenvalue weighted by Crippen LogP contribution is -2.44. The third kappa shape index (κ3) is 4.66. The van der Waals surface area contributed by atoms with E-state index < -0.39 is 6.10 Å². The van der Waals surface area contributed by atoms with E-state index in [1.165, 1.54) is 41.9 Å². The normalized spacial score (nSPS) is 29.9. The fourth-order valence-corrected chi connectivity index (χ4v) is 6.17. The van der Waals surface area contributed by atoms with Crippen LogP contribution in [0.5, 0.6) is 11.5 Å². The van der Waals surface area contributed by atoms with E-state index in [0.717, 1.165) is 70.3 Å². The third-order valence-corrected chi connectivity index (χ3v) is 8.08. The standard InChI is InChI=1S/C26H39N3O4/c1-32-22-7-6-20-19-28(12-5-3-2-4-11-27-14-16-29(31)17-15-27)13-10-26-9-8-21(30)18-23(26)33-25(22)24(20)26/h6-9,21,23,30-31H,2-5,10-19H2,1H3/t21?,23-,26?/m1/s1. The molecule has 1 fully saturated rings. The minimum Gasteiger partial charge on any atom is -0.493 e. The molecule has 0 saturated carbocycles. The maximum Gasteiger partial charge on any atom is 0.166 e. The maximum atomic E-state index is 10.2. The minimum atomic E-state index is -0.434. The molecule has 0 radical (unpaired) electrons. The molecule has 7 heteroatoms. The Kier molecular flexibility index (Phi) is 6.95. The van der Waals surface area contributed by atoms with Gasteiger partial charge in [0.1, 0.15) is 6.10 Å². The number of hydrogen-bond donors (Lipinski definition) is 2. The first-order valence-electron chi connectivity index (χ1n) is 12.7. The number of nitrogens with zero attached hydrogens (tertiary/aromatic N) is 3. The van der Waals surface area contributed by atoms with Crippen LogP contribution < -0.4 is 9.47 Å². The molecule has 3 aliphatic heterocycles. The van der Waals surface area contributed by atoms with Gasteiger partial charge in [-0.1, -0.05) is 31.1 Å². The van der Waals surface area contributed by atoms with E-state index in [1.807, 2.05) is 12.1 Å².